The third-order valence-electron chi connectivity index (χ3n) is 2.91. The van der Waals surface area contributed by atoms with E-state index in [2.05, 4.69) is 13.8 Å². The number of rotatable bonds is 8. The van der Waals surface area contributed by atoms with Crippen LogP contribution >= 0.6 is 0 Å². The Morgan fingerprint density at radius 3 is 2.65 bits per heavy atom. The van der Waals surface area contributed by atoms with Crippen molar-refractivity contribution in [1.29, 1.82) is 0 Å². The molecular weight excluding hydrogens is 256 g/mol. The van der Waals surface area contributed by atoms with Gasteiger partial charge < -0.3 is 14.6 Å². The normalized spacial score (nSPS) is 12.3. The van der Waals surface area contributed by atoms with Crippen LogP contribution in [0.4, 0.5) is 0 Å². The van der Waals surface area contributed by atoms with Gasteiger partial charge in [0.05, 0.1) is 13.2 Å². The van der Waals surface area contributed by atoms with Crippen molar-refractivity contribution in [1.82, 2.24) is 0 Å². The second-order valence-corrected chi connectivity index (χ2v) is 4.64. The molecule has 110 valence electrons. The lowest BCUT2D eigenvalue weighted by Crippen LogP contribution is -2.08. The number of aliphatic carboxylic acids is 1. The van der Waals surface area contributed by atoms with Gasteiger partial charge in [-0.05, 0) is 36.6 Å². The summed E-state index contributed by atoms with van der Waals surface area (Å²) in [6.07, 6.45) is 3.69. The lowest BCUT2D eigenvalue weighted by atomic mass is 10.1. The van der Waals surface area contributed by atoms with E-state index < -0.39 is 5.97 Å². The highest BCUT2D eigenvalue weighted by molar-refractivity contribution is 5.85. The maximum absolute atomic E-state index is 10.5. The molecule has 0 saturated heterocycles. The zero-order valence-electron chi connectivity index (χ0n) is 12.3. The lowest BCUT2D eigenvalue weighted by molar-refractivity contribution is -0.131. The molecule has 0 bridgehead atoms. The molecule has 1 atom stereocenters. The summed E-state index contributed by atoms with van der Waals surface area (Å²) in [6, 6.07) is 5.41. The minimum absolute atomic E-state index is 0.482. The van der Waals surface area contributed by atoms with Crippen molar-refractivity contribution >= 4 is 12.0 Å². The predicted molar refractivity (Wildman–Crippen MR) is 79.2 cm³/mol. The zero-order chi connectivity index (χ0) is 15.0. The van der Waals surface area contributed by atoms with Crippen LogP contribution in [0.2, 0.25) is 0 Å². The number of ether oxygens (including phenoxy) is 2. The van der Waals surface area contributed by atoms with Gasteiger partial charge in [-0.3, -0.25) is 0 Å². The molecule has 1 N–H and O–H groups in total. The van der Waals surface area contributed by atoms with Gasteiger partial charge in [0.1, 0.15) is 0 Å². The van der Waals surface area contributed by atoms with Crippen LogP contribution in [0, 0.1) is 5.92 Å². The van der Waals surface area contributed by atoms with Gasteiger partial charge in [-0.25, -0.2) is 4.79 Å². The first-order chi connectivity index (χ1) is 9.56. The molecule has 0 amide bonds. The number of hydrogen-bond acceptors (Lipinski definition) is 3. The SMILES string of the molecule is CCOc1cc(C=CC(=O)O)ccc1OCC(C)CC. The summed E-state index contributed by atoms with van der Waals surface area (Å²) in [5, 5.41) is 8.63. The molecule has 0 fully saturated rings. The van der Waals surface area contributed by atoms with Gasteiger partial charge in [-0.1, -0.05) is 26.3 Å². The minimum Gasteiger partial charge on any atom is -0.490 e. The molecule has 1 aromatic rings. The predicted octanol–water partition coefficient (Wildman–Crippen LogP) is 3.61. The van der Waals surface area contributed by atoms with E-state index in [1.807, 2.05) is 19.1 Å². The Morgan fingerprint density at radius 1 is 1.30 bits per heavy atom. The smallest absolute Gasteiger partial charge is 0.328 e. The topological polar surface area (TPSA) is 55.8 Å². The maximum atomic E-state index is 10.5. The third kappa shape index (κ3) is 5.34. The highest BCUT2D eigenvalue weighted by atomic mass is 16.5. The standard InChI is InChI=1S/C16H22O4/c1-4-12(3)11-20-14-8-6-13(7-9-16(17)18)10-15(14)19-5-2/h6-10,12H,4-5,11H2,1-3H3,(H,17,18). The van der Waals surface area contributed by atoms with Crippen molar-refractivity contribution in [2.24, 2.45) is 5.92 Å². The molecule has 0 spiro atoms. The fraction of sp³-hybridized carbons (Fsp3) is 0.438. The summed E-state index contributed by atoms with van der Waals surface area (Å²) >= 11 is 0. The second kappa shape index (κ2) is 8.25. The van der Waals surface area contributed by atoms with Crippen LogP contribution in [0.25, 0.3) is 6.08 Å². The van der Waals surface area contributed by atoms with Crippen molar-refractivity contribution < 1.29 is 19.4 Å². The maximum Gasteiger partial charge on any atom is 0.328 e. The molecule has 0 heterocycles. The van der Waals surface area contributed by atoms with E-state index in [0.29, 0.717) is 30.6 Å². The highest BCUT2D eigenvalue weighted by Crippen LogP contribution is 2.29. The van der Waals surface area contributed by atoms with Gasteiger partial charge in [0, 0.05) is 6.08 Å². The molecule has 0 radical (unpaired) electrons. The number of carboxylic acids is 1. The highest BCUT2D eigenvalue weighted by Gasteiger charge is 2.07. The Bertz CT molecular complexity index is 466. The number of benzene rings is 1. The van der Waals surface area contributed by atoms with Crippen molar-refractivity contribution in [3.05, 3.63) is 29.8 Å². The first-order valence-electron chi connectivity index (χ1n) is 6.87. The Morgan fingerprint density at radius 2 is 2.05 bits per heavy atom. The van der Waals surface area contributed by atoms with Crippen LogP contribution in [0.5, 0.6) is 11.5 Å². The van der Waals surface area contributed by atoms with Gasteiger partial charge in [-0.15, -0.1) is 0 Å². The van der Waals surface area contributed by atoms with E-state index in [-0.39, 0.29) is 0 Å². The largest absolute Gasteiger partial charge is 0.490 e. The van der Waals surface area contributed by atoms with Crippen LogP contribution < -0.4 is 9.47 Å². The molecule has 0 aliphatic rings. The van der Waals surface area contributed by atoms with Crippen LogP contribution in [0.15, 0.2) is 24.3 Å². The Labute approximate surface area is 120 Å². The van der Waals surface area contributed by atoms with Crippen LogP contribution in [-0.2, 0) is 4.79 Å². The molecule has 1 aromatic carbocycles. The van der Waals surface area contributed by atoms with Crippen molar-refractivity contribution in [2.45, 2.75) is 27.2 Å². The first kappa shape index (κ1) is 16.1. The number of carbonyl (C=O) groups is 1. The summed E-state index contributed by atoms with van der Waals surface area (Å²) in [6.45, 7) is 7.33. The van der Waals surface area contributed by atoms with Crippen LogP contribution in [0.3, 0.4) is 0 Å². The van der Waals surface area contributed by atoms with Crippen molar-refractivity contribution in [2.75, 3.05) is 13.2 Å². The van der Waals surface area contributed by atoms with Gasteiger partial charge in [0.15, 0.2) is 11.5 Å². The third-order valence-corrected chi connectivity index (χ3v) is 2.91. The summed E-state index contributed by atoms with van der Waals surface area (Å²) in [7, 11) is 0. The van der Waals surface area contributed by atoms with E-state index in [4.69, 9.17) is 14.6 Å². The van der Waals surface area contributed by atoms with E-state index >= 15 is 0 Å². The fourth-order valence-electron chi connectivity index (χ4n) is 1.53. The molecule has 4 nitrogen and oxygen atoms in total. The Kier molecular flexibility index (Phi) is 6.64. The van der Waals surface area contributed by atoms with Crippen LogP contribution in [-0.4, -0.2) is 24.3 Å². The molecule has 20 heavy (non-hydrogen) atoms. The van der Waals surface area contributed by atoms with E-state index in [0.717, 1.165) is 18.1 Å². The van der Waals surface area contributed by atoms with Crippen LogP contribution in [0.1, 0.15) is 32.8 Å². The summed E-state index contributed by atoms with van der Waals surface area (Å²) in [4.78, 5) is 10.5. The minimum atomic E-state index is -0.972. The first-order valence-corrected chi connectivity index (χ1v) is 6.87. The molecule has 1 unspecified atom stereocenters. The molecule has 1 rings (SSSR count). The molecular formula is C16H22O4. The van der Waals surface area contributed by atoms with E-state index in [1.165, 1.54) is 6.08 Å². The fourth-order valence-corrected chi connectivity index (χ4v) is 1.53. The second-order valence-electron chi connectivity index (χ2n) is 4.64. The van der Waals surface area contributed by atoms with Gasteiger partial charge in [0.25, 0.3) is 0 Å². The average Bonchev–Trinajstić information content (AvgIpc) is 2.44. The van der Waals surface area contributed by atoms with E-state index in [1.54, 1.807) is 6.07 Å². The zero-order valence-corrected chi connectivity index (χ0v) is 12.3. The Balaban J connectivity index is 2.86. The van der Waals surface area contributed by atoms with E-state index in [9.17, 15) is 4.79 Å². The lowest BCUT2D eigenvalue weighted by Gasteiger charge is -2.15. The van der Waals surface area contributed by atoms with Gasteiger partial charge >= 0.3 is 5.97 Å². The molecule has 0 aliphatic heterocycles. The molecule has 0 aliphatic carbocycles. The monoisotopic (exact) mass is 278 g/mol. The quantitative estimate of drug-likeness (QED) is 0.738. The average molecular weight is 278 g/mol. The Hall–Kier alpha value is -1.97. The number of carboxylic acid groups (broad SMARTS) is 1. The number of hydrogen-bond donors (Lipinski definition) is 1. The summed E-state index contributed by atoms with van der Waals surface area (Å²) < 4.78 is 11.3. The summed E-state index contributed by atoms with van der Waals surface area (Å²) in [5.41, 5.74) is 0.770. The van der Waals surface area contributed by atoms with Gasteiger partial charge in [0.2, 0.25) is 0 Å². The molecule has 0 saturated carbocycles. The van der Waals surface area contributed by atoms with Gasteiger partial charge in [-0.2, -0.15) is 0 Å². The molecule has 4 heteroatoms. The molecule has 0 aromatic heterocycles. The summed E-state index contributed by atoms with van der Waals surface area (Å²) in [5.74, 6) is 0.846. The van der Waals surface area contributed by atoms with Crippen molar-refractivity contribution in [3.63, 3.8) is 0 Å². The van der Waals surface area contributed by atoms with Crippen molar-refractivity contribution in [3.8, 4) is 11.5 Å².